The molecular formula is C18H23IN4OS. The quantitative estimate of drug-likeness (QED) is 0.327. The first-order valence-electron chi connectivity index (χ1n) is 8.08. The molecule has 0 saturated carbocycles. The zero-order chi connectivity index (χ0) is 16.8. The fourth-order valence-electron chi connectivity index (χ4n) is 2.49. The lowest BCUT2D eigenvalue weighted by atomic mass is 10.2. The molecule has 0 aliphatic rings. The lowest BCUT2D eigenvalue weighted by Crippen LogP contribution is -2.39. The number of furan rings is 1. The Bertz CT molecular complexity index is 794. The van der Waals surface area contributed by atoms with Crippen molar-refractivity contribution in [2.45, 2.75) is 19.8 Å². The van der Waals surface area contributed by atoms with Crippen molar-refractivity contribution in [3.05, 3.63) is 52.2 Å². The molecule has 5 nitrogen and oxygen atoms in total. The first-order chi connectivity index (χ1) is 11.7. The van der Waals surface area contributed by atoms with Crippen LogP contribution < -0.4 is 10.6 Å². The number of para-hydroxylation sites is 1. The fourth-order valence-corrected chi connectivity index (χ4v) is 3.28. The van der Waals surface area contributed by atoms with Crippen molar-refractivity contribution >= 4 is 52.2 Å². The van der Waals surface area contributed by atoms with E-state index in [9.17, 15) is 0 Å². The van der Waals surface area contributed by atoms with Gasteiger partial charge in [0.2, 0.25) is 0 Å². The van der Waals surface area contributed by atoms with Crippen LogP contribution in [0.1, 0.15) is 15.6 Å². The van der Waals surface area contributed by atoms with E-state index in [-0.39, 0.29) is 24.0 Å². The largest absolute Gasteiger partial charge is 0.461 e. The van der Waals surface area contributed by atoms with E-state index in [1.54, 1.807) is 18.4 Å². The van der Waals surface area contributed by atoms with Gasteiger partial charge < -0.3 is 15.1 Å². The van der Waals surface area contributed by atoms with Crippen molar-refractivity contribution < 1.29 is 4.42 Å². The third kappa shape index (κ3) is 5.71. The zero-order valence-corrected chi connectivity index (χ0v) is 17.6. The summed E-state index contributed by atoms with van der Waals surface area (Å²) in [6, 6.07) is 10.2. The van der Waals surface area contributed by atoms with E-state index in [1.807, 2.05) is 24.4 Å². The maximum atomic E-state index is 5.82. The normalized spacial score (nSPS) is 11.4. The Hall–Kier alpha value is -1.61. The molecule has 0 aliphatic heterocycles. The average molecular weight is 470 g/mol. The molecule has 3 rings (SSSR count). The monoisotopic (exact) mass is 470 g/mol. The van der Waals surface area contributed by atoms with Gasteiger partial charge in [-0.1, -0.05) is 18.2 Å². The minimum absolute atomic E-state index is 0. The number of nitrogens with one attached hydrogen (secondary N) is 2. The summed E-state index contributed by atoms with van der Waals surface area (Å²) in [6.07, 6.45) is 3.64. The Morgan fingerprint density at radius 1 is 1.20 bits per heavy atom. The predicted molar refractivity (Wildman–Crippen MR) is 115 cm³/mol. The predicted octanol–water partition coefficient (Wildman–Crippen LogP) is 3.77. The van der Waals surface area contributed by atoms with E-state index < -0.39 is 0 Å². The summed E-state index contributed by atoms with van der Waals surface area (Å²) in [6.45, 7) is 3.67. The van der Waals surface area contributed by atoms with Gasteiger partial charge in [0.1, 0.15) is 11.3 Å². The maximum Gasteiger partial charge on any atom is 0.191 e. The standard InChI is InChI=1S/C18H22N4OS.HI/c1-13-12-22-17(24-13)8-10-21-18(19-2)20-9-7-15-11-14-5-3-4-6-16(14)23-15;/h3-6,11-12H,7-10H2,1-2H3,(H2,19,20,21);1H. The van der Waals surface area contributed by atoms with Gasteiger partial charge in [-0.15, -0.1) is 35.3 Å². The highest BCUT2D eigenvalue weighted by molar-refractivity contribution is 14.0. The number of fused-ring (bicyclic) bond motifs is 1. The molecule has 0 radical (unpaired) electrons. The number of aryl methyl sites for hydroxylation is 1. The van der Waals surface area contributed by atoms with Crippen molar-refractivity contribution in [2.24, 2.45) is 4.99 Å². The minimum atomic E-state index is 0. The number of hydrogen-bond donors (Lipinski definition) is 2. The summed E-state index contributed by atoms with van der Waals surface area (Å²) >= 11 is 1.74. The molecule has 0 fully saturated rings. The molecule has 0 saturated heterocycles. The Morgan fingerprint density at radius 3 is 2.64 bits per heavy atom. The summed E-state index contributed by atoms with van der Waals surface area (Å²) in [7, 11) is 1.78. The second kappa shape index (κ2) is 9.76. The van der Waals surface area contributed by atoms with Gasteiger partial charge in [0.05, 0.1) is 5.01 Å². The molecular weight excluding hydrogens is 447 g/mol. The van der Waals surface area contributed by atoms with Crippen molar-refractivity contribution in [1.82, 2.24) is 15.6 Å². The average Bonchev–Trinajstić information content (AvgIpc) is 3.19. The third-order valence-corrected chi connectivity index (χ3v) is 4.64. The van der Waals surface area contributed by atoms with Crippen molar-refractivity contribution in [3.63, 3.8) is 0 Å². The molecule has 0 aliphatic carbocycles. The molecule has 0 amide bonds. The van der Waals surface area contributed by atoms with Gasteiger partial charge in [-0.25, -0.2) is 4.98 Å². The second-order valence-corrected chi connectivity index (χ2v) is 6.86. The van der Waals surface area contributed by atoms with E-state index in [4.69, 9.17) is 4.42 Å². The first kappa shape index (κ1) is 19.7. The molecule has 7 heteroatoms. The number of guanidine groups is 1. The van der Waals surface area contributed by atoms with E-state index in [1.165, 1.54) is 4.88 Å². The number of rotatable bonds is 6. The van der Waals surface area contributed by atoms with Gasteiger partial charge in [0.25, 0.3) is 0 Å². The van der Waals surface area contributed by atoms with Crippen LogP contribution in [0.4, 0.5) is 0 Å². The topological polar surface area (TPSA) is 62.5 Å². The molecule has 3 aromatic rings. The van der Waals surface area contributed by atoms with Gasteiger partial charge in [0.15, 0.2) is 5.96 Å². The van der Waals surface area contributed by atoms with Gasteiger partial charge in [-0.3, -0.25) is 4.99 Å². The Morgan fingerprint density at radius 2 is 1.96 bits per heavy atom. The highest BCUT2D eigenvalue weighted by Crippen LogP contribution is 2.18. The zero-order valence-electron chi connectivity index (χ0n) is 14.4. The van der Waals surface area contributed by atoms with Crippen LogP contribution in [0.2, 0.25) is 0 Å². The molecule has 0 spiro atoms. The molecule has 25 heavy (non-hydrogen) atoms. The molecule has 1 aromatic carbocycles. The Balaban J connectivity index is 0.00000225. The Kier molecular flexibility index (Phi) is 7.70. The van der Waals surface area contributed by atoms with Crippen molar-refractivity contribution in [1.29, 1.82) is 0 Å². The van der Waals surface area contributed by atoms with E-state index in [0.29, 0.717) is 0 Å². The minimum Gasteiger partial charge on any atom is -0.461 e. The van der Waals surface area contributed by atoms with Gasteiger partial charge in [-0.05, 0) is 19.1 Å². The number of thiazole rings is 1. The van der Waals surface area contributed by atoms with Crippen LogP contribution in [0.25, 0.3) is 11.0 Å². The smallest absolute Gasteiger partial charge is 0.191 e. The van der Waals surface area contributed by atoms with Crippen molar-refractivity contribution in [3.8, 4) is 0 Å². The van der Waals surface area contributed by atoms with Crippen LogP contribution in [0.3, 0.4) is 0 Å². The molecule has 0 unspecified atom stereocenters. The summed E-state index contributed by atoms with van der Waals surface area (Å²) in [5, 5.41) is 8.93. The molecule has 2 heterocycles. The van der Waals surface area contributed by atoms with Gasteiger partial charge in [-0.2, -0.15) is 0 Å². The number of aromatic nitrogens is 1. The maximum absolute atomic E-state index is 5.82. The van der Waals surface area contributed by atoms with Crippen LogP contribution in [0.15, 0.2) is 45.9 Å². The number of hydrogen-bond acceptors (Lipinski definition) is 4. The summed E-state index contributed by atoms with van der Waals surface area (Å²) in [5.41, 5.74) is 0.939. The first-order valence-corrected chi connectivity index (χ1v) is 8.89. The van der Waals surface area contributed by atoms with Crippen molar-refractivity contribution in [2.75, 3.05) is 20.1 Å². The summed E-state index contributed by atoms with van der Waals surface area (Å²) in [4.78, 5) is 9.86. The highest BCUT2D eigenvalue weighted by Gasteiger charge is 2.04. The second-order valence-electron chi connectivity index (χ2n) is 5.54. The van der Waals surface area contributed by atoms with Crippen LogP contribution in [-0.2, 0) is 12.8 Å². The number of nitrogens with zero attached hydrogens (tertiary/aromatic N) is 2. The third-order valence-electron chi connectivity index (χ3n) is 3.66. The molecule has 0 atom stereocenters. The lowest BCUT2D eigenvalue weighted by Gasteiger charge is -2.10. The molecule has 134 valence electrons. The van der Waals surface area contributed by atoms with Crippen LogP contribution in [-0.4, -0.2) is 31.1 Å². The number of benzene rings is 1. The summed E-state index contributed by atoms with van der Waals surface area (Å²) in [5.74, 6) is 1.79. The van der Waals surface area contributed by atoms with E-state index in [2.05, 4.69) is 39.7 Å². The fraction of sp³-hybridized carbons (Fsp3) is 0.333. The molecule has 0 bridgehead atoms. The highest BCUT2D eigenvalue weighted by atomic mass is 127. The Labute approximate surface area is 169 Å². The van der Waals surface area contributed by atoms with Gasteiger partial charge >= 0.3 is 0 Å². The number of halogens is 1. The van der Waals surface area contributed by atoms with Gasteiger partial charge in [0, 0.05) is 49.4 Å². The van der Waals surface area contributed by atoms with Crippen LogP contribution >= 0.6 is 35.3 Å². The van der Waals surface area contributed by atoms with E-state index >= 15 is 0 Å². The van der Waals surface area contributed by atoms with Crippen LogP contribution in [0, 0.1) is 6.92 Å². The van der Waals surface area contributed by atoms with E-state index in [0.717, 1.165) is 53.6 Å². The number of aliphatic imine (C=N–C) groups is 1. The molecule has 2 N–H and O–H groups in total. The van der Waals surface area contributed by atoms with Crippen LogP contribution in [0.5, 0.6) is 0 Å². The molecule has 2 aromatic heterocycles. The lowest BCUT2D eigenvalue weighted by molar-refractivity contribution is 0.544. The summed E-state index contributed by atoms with van der Waals surface area (Å²) < 4.78 is 5.82. The SMILES string of the molecule is CN=C(NCCc1cc2ccccc2o1)NCCc1ncc(C)s1.I.